The van der Waals surface area contributed by atoms with Gasteiger partial charge in [0, 0.05) is 31.4 Å². The van der Waals surface area contributed by atoms with Crippen molar-refractivity contribution in [3.8, 4) is 11.4 Å². The summed E-state index contributed by atoms with van der Waals surface area (Å²) in [5.74, 6) is -1.47. The maximum Gasteiger partial charge on any atom is 0.274 e. The van der Waals surface area contributed by atoms with E-state index >= 15 is 0 Å². The van der Waals surface area contributed by atoms with Crippen LogP contribution in [0, 0.1) is 11.6 Å². The van der Waals surface area contributed by atoms with E-state index in [-0.39, 0.29) is 11.4 Å². The second-order valence-electron chi connectivity index (χ2n) is 5.83. The molecule has 1 heterocycles. The number of nitrogens with zero attached hydrogens (tertiary/aromatic N) is 2. The monoisotopic (exact) mass is 384 g/mol. The zero-order valence-corrected chi connectivity index (χ0v) is 15.1. The van der Waals surface area contributed by atoms with Crippen molar-refractivity contribution in [3.05, 3.63) is 71.9 Å². The van der Waals surface area contributed by atoms with E-state index in [1.807, 2.05) is 30.3 Å². The second kappa shape index (κ2) is 9.01. The van der Waals surface area contributed by atoms with Crippen LogP contribution in [0.2, 0.25) is 0 Å². The zero-order chi connectivity index (χ0) is 19.9. The Labute approximate surface area is 160 Å². The van der Waals surface area contributed by atoms with Crippen molar-refractivity contribution >= 4 is 17.4 Å². The molecule has 2 aromatic carbocycles. The van der Waals surface area contributed by atoms with Crippen LogP contribution in [0.1, 0.15) is 10.5 Å². The number of carbonyl (C=O) groups is 1. The Morgan fingerprint density at radius 2 is 1.86 bits per heavy atom. The molecule has 0 aliphatic rings. The van der Waals surface area contributed by atoms with Crippen molar-refractivity contribution in [2.24, 2.45) is 0 Å². The Balaban J connectivity index is 1.91. The van der Waals surface area contributed by atoms with Gasteiger partial charge in [0.25, 0.3) is 5.91 Å². The number of ether oxygens (including phenoxy) is 1. The molecule has 3 aromatic rings. The van der Waals surface area contributed by atoms with E-state index in [1.165, 1.54) is 6.07 Å². The summed E-state index contributed by atoms with van der Waals surface area (Å²) >= 11 is 0. The van der Waals surface area contributed by atoms with Crippen LogP contribution in [0.3, 0.4) is 0 Å². The molecular weight excluding hydrogens is 366 g/mol. The molecule has 0 radical (unpaired) electrons. The summed E-state index contributed by atoms with van der Waals surface area (Å²) in [6.45, 7) is 0.933. The number of hydrogen-bond acceptors (Lipinski definition) is 5. The Morgan fingerprint density at radius 3 is 2.57 bits per heavy atom. The predicted octanol–water partition coefficient (Wildman–Crippen LogP) is 3.73. The van der Waals surface area contributed by atoms with Crippen LogP contribution in [0.5, 0.6) is 0 Å². The number of carbonyl (C=O) groups excluding carboxylic acids is 1. The van der Waals surface area contributed by atoms with Crippen molar-refractivity contribution in [1.29, 1.82) is 0 Å². The second-order valence-corrected chi connectivity index (χ2v) is 5.83. The molecule has 0 saturated heterocycles. The number of nitrogens with one attached hydrogen (secondary N) is 2. The Bertz CT molecular complexity index is 968. The average molecular weight is 384 g/mol. The molecule has 144 valence electrons. The van der Waals surface area contributed by atoms with Crippen LogP contribution in [-0.2, 0) is 4.74 Å². The first-order valence-corrected chi connectivity index (χ1v) is 8.50. The molecule has 8 heteroatoms. The standard InChI is InChI=1S/C20H18F2N4O2/c1-28-10-9-23-18-12-17(24-19(26-18)13-5-3-2-4-6-13)20(27)25-16-8-7-14(21)11-15(16)22/h2-8,11-12H,9-10H2,1H3,(H,25,27)(H,23,24,26). The van der Waals surface area contributed by atoms with Gasteiger partial charge in [-0.3, -0.25) is 4.79 Å². The van der Waals surface area contributed by atoms with Gasteiger partial charge in [0.2, 0.25) is 0 Å². The first-order valence-electron chi connectivity index (χ1n) is 8.50. The van der Waals surface area contributed by atoms with Crippen LogP contribution >= 0.6 is 0 Å². The maximum absolute atomic E-state index is 13.8. The molecule has 0 aliphatic carbocycles. The molecule has 0 saturated carbocycles. The van der Waals surface area contributed by atoms with Gasteiger partial charge in [-0.15, -0.1) is 0 Å². The molecule has 0 bridgehead atoms. The minimum Gasteiger partial charge on any atom is -0.383 e. The number of methoxy groups -OCH3 is 1. The van der Waals surface area contributed by atoms with E-state index < -0.39 is 17.5 Å². The van der Waals surface area contributed by atoms with Gasteiger partial charge in [-0.05, 0) is 12.1 Å². The van der Waals surface area contributed by atoms with Gasteiger partial charge in [0.05, 0.1) is 12.3 Å². The molecule has 28 heavy (non-hydrogen) atoms. The minimum absolute atomic E-state index is 0.0393. The van der Waals surface area contributed by atoms with Crippen molar-refractivity contribution in [1.82, 2.24) is 9.97 Å². The van der Waals surface area contributed by atoms with Crippen LogP contribution in [0.15, 0.2) is 54.6 Å². The highest BCUT2D eigenvalue weighted by Crippen LogP contribution is 2.20. The molecule has 2 N–H and O–H groups in total. The minimum atomic E-state index is -0.871. The van der Waals surface area contributed by atoms with Crippen molar-refractivity contribution in [2.45, 2.75) is 0 Å². The van der Waals surface area contributed by atoms with Crippen LogP contribution in [0.25, 0.3) is 11.4 Å². The van der Waals surface area contributed by atoms with Gasteiger partial charge in [0.15, 0.2) is 5.82 Å². The lowest BCUT2D eigenvalue weighted by molar-refractivity contribution is 0.102. The van der Waals surface area contributed by atoms with Gasteiger partial charge >= 0.3 is 0 Å². The summed E-state index contributed by atoms with van der Waals surface area (Å²) in [5, 5.41) is 5.46. The third-order valence-corrected chi connectivity index (χ3v) is 3.78. The SMILES string of the molecule is COCCNc1cc(C(=O)Nc2ccc(F)cc2F)nc(-c2ccccc2)n1. The number of hydrogen-bond donors (Lipinski definition) is 2. The Kier molecular flexibility index (Phi) is 6.23. The van der Waals surface area contributed by atoms with E-state index in [9.17, 15) is 13.6 Å². The van der Waals surface area contributed by atoms with Gasteiger partial charge in [-0.1, -0.05) is 30.3 Å². The molecule has 3 rings (SSSR count). The van der Waals surface area contributed by atoms with Crippen LogP contribution < -0.4 is 10.6 Å². The van der Waals surface area contributed by atoms with E-state index in [2.05, 4.69) is 20.6 Å². The highest BCUT2D eigenvalue weighted by atomic mass is 19.1. The first-order chi connectivity index (χ1) is 13.6. The third kappa shape index (κ3) is 4.86. The summed E-state index contributed by atoms with van der Waals surface area (Å²) in [4.78, 5) is 21.3. The molecule has 0 unspecified atom stereocenters. The maximum atomic E-state index is 13.8. The molecule has 1 amide bonds. The van der Waals surface area contributed by atoms with Gasteiger partial charge in [0.1, 0.15) is 23.1 Å². The Morgan fingerprint density at radius 1 is 1.07 bits per heavy atom. The zero-order valence-electron chi connectivity index (χ0n) is 15.1. The van der Waals surface area contributed by atoms with Crippen LogP contribution in [-0.4, -0.2) is 36.1 Å². The van der Waals surface area contributed by atoms with E-state index in [0.717, 1.165) is 17.7 Å². The number of halogens is 2. The normalized spacial score (nSPS) is 10.5. The number of aromatic nitrogens is 2. The molecule has 1 aromatic heterocycles. The van der Waals surface area contributed by atoms with Gasteiger partial charge in [-0.25, -0.2) is 18.7 Å². The molecule has 0 atom stereocenters. The highest BCUT2D eigenvalue weighted by molar-refractivity contribution is 6.03. The fourth-order valence-electron chi connectivity index (χ4n) is 2.43. The average Bonchev–Trinajstić information content (AvgIpc) is 2.71. The van der Waals surface area contributed by atoms with Crippen molar-refractivity contribution in [3.63, 3.8) is 0 Å². The lowest BCUT2D eigenvalue weighted by Crippen LogP contribution is -2.17. The topological polar surface area (TPSA) is 76.1 Å². The lowest BCUT2D eigenvalue weighted by Gasteiger charge is -2.11. The number of rotatable bonds is 7. The molecule has 0 fully saturated rings. The third-order valence-electron chi connectivity index (χ3n) is 3.78. The molecular formula is C20H18F2N4O2. The summed E-state index contributed by atoms with van der Waals surface area (Å²) in [6.07, 6.45) is 0. The lowest BCUT2D eigenvalue weighted by atomic mass is 10.2. The smallest absolute Gasteiger partial charge is 0.274 e. The van der Waals surface area contributed by atoms with E-state index in [0.29, 0.717) is 30.9 Å². The fraction of sp³-hybridized carbons (Fsp3) is 0.150. The molecule has 0 aliphatic heterocycles. The van der Waals surface area contributed by atoms with E-state index in [4.69, 9.17) is 4.74 Å². The summed E-state index contributed by atoms with van der Waals surface area (Å²) in [7, 11) is 1.58. The van der Waals surface area contributed by atoms with Crippen LogP contribution in [0.4, 0.5) is 20.3 Å². The summed E-state index contributed by atoms with van der Waals surface area (Å²) in [6, 6.07) is 13.5. The number of anilines is 2. The number of benzene rings is 2. The van der Waals surface area contributed by atoms with Crippen molar-refractivity contribution in [2.75, 3.05) is 30.9 Å². The predicted molar refractivity (Wildman–Crippen MR) is 102 cm³/mol. The number of amides is 1. The highest BCUT2D eigenvalue weighted by Gasteiger charge is 2.15. The Hall–Kier alpha value is -3.39. The summed E-state index contributed by atoms with van der Waals surface area (Å²) in [5.41, 5.74) is 0.623. The van der Waals surface area contributed by atoms with Gasteiger partial charge < -0.3 is 15.4 Å². The first kappa shape index (κ1) is 19.4. The van der Waals surface area contributed by atoms with Gasteiger partial charge in [-0.2, -0.15) is 0 Å². The quantitative estimate of drug-likeness (QED) is 0.607. The molecule has 6 nitrogen and oxygen atoms in total. The summed E-state index contributed by atoms with van der Waals surface area (Å²) < 4.78 is 31.9. The fourth-order valence-corrected chi connectivity index (χ4v) is 2.43. The molecule has 0 spiro atoms. The van der Waals surface area contributed by atoms with E-state index in [1.54, 1.807) is 7.11 Å². The largest absolute Gasteiger partial charge is 0.383 e. The van der Waals surface area contributed by atoms with Crippen molar-refractivity contribution < 1.29 is 18.3 Å².